The first kappa shape index (κ1) is 25.9. The molecule has 35 heavy (non-hydrogen) atoms. The third-order valence-electron chi connectivity index (χ3n) is 5.55. The number of ether oxygens (including phenoxy) is 3. The summed E-state index contributed by atoms with van der Waals surface area (Å²) < 4.78 is 59.7. The van der Waals surface area contributed by atoms with E-state index < -0.39 is 78.5 Å². The van der Waals surface area contributed by atoms with Crippen molar-refractivity contribution in [1.82, 2.24) is 19.5 Å². The molecule has 2 aliphatic rings. The Bertz CT molecular complexity index is 1170. The Morgan fingerprint density at radius 1 is 1.14 bits per heavy atom. The molecular weight excluding hydrogens is 503 g/mol. The van der Waals surface area contributed by atoms with Gasteiger partial charge < -0.3 is 45.5 Å². The van der Waals surface area contributed by atoms with Crippen molar-refractivity contribution in [3.63, 3.8) is 0 Å². The zero-order chi connectivity index (χ0) is 25.7. The SMILES string of the molecule is Nc1ncnc2c1ncn2[C@@H]1O[C@](F)(COS(N)(=O)=O)[C@@H](O[C@@H]2O[C@H](CO)[C@@H](O)[C@H](O)[C@H]2O)[C@H]1O. The lowest BCUT2D eigenvalue weighted by Gasteiger charge is -2.41. The zero-order valence-corrected chi connectivity index (χ0v) is 18.4. The van der Waals surface area contributed by atoms with E-state index in [-0.39, 0.29) is 17.0 Å². The second kappa shape index (κ2) is 9.37. The molecule has 0 spiro atoms. The number of alkyl halides is 1. The van der Waals surface area contributed by atoms with Crippen LogP contribution in [0.15, 0.2) is 12.7 Å². The van der Waals surface area contributed by atoms with Gasteiger partial charge in [0.05, 0.1) is 12.9 Å². The summed E-state index contributed by atoms with van der Waals surface area (Å²) in [7, 11) is -4.68. The second-order valence-corrected chi connectivity index (χ2v) is 9.10. The Morgan fingerprint density at radius 3 is 2.51 bits per heavy atom. The summed E-state index contributed by atoms with van der Waals surface area (Å²) in [6.45, 7) is -2.21. The minimum atomic E-state index is -4.68. The third-order valence-corrected chi connectivity index (χ3v) is 6.00. The topological polar surface area (TPSA) is 268 Å². The summed E-state index contributed by atoms with van der Waals surface area (Å²) in [6, 6.07) is 0. The number of halogens is 1. The van der Waals surface area contributed by atoms with Crippen LogP contribution >= 0.6 is 0 Å². The number of nitrogen functional groups attached to an aromatic ring is 1. The van der Waals surface area contributed by atoms with Crippen LogP contribution in [0.1, 0.15) is 6.23 Å². The lowest BCUT2D eigenvalue weighted by Crippen LogP contribution is -2.61. The van der Waals surface area contributed by atoms with Crippen LogP contribution in [-0.2, 0) is 28.7 Å². The van der Waals surface area contributed by atoms with E-state index >= 15 is 4.39 Å². The molecule has 196 valence electrons. The van der Waals surface area contributed by atoms with E-state index in [0.29, 0.717) is 0 Å². The number of aromatic nitrogens is 4. The largest absolute Gasteiger partial charge is 0.394 e. The van der Waals surface area contributed by atoms with Gasteiger partial charge >= 0.3 is 10.3 Å². The molecule has 0 aromatic carbocycles. The number of nitrogens with zero attached hydrogens (tertiary/aromatic N) is 4. The number of fused-ring (bicyclic) bond motifs is 1. The molecule has 0 unspecified atom stereocenters. The minimum Gasteiger partial charge on any atom is -0.394 e. The van der Waals surface area contributed by atoms with Crippen molar-refractivity contribution >= 4 is 27.3 Å². The van der Waals surface area contributed by atoms with Crippen LogP contribution in [0.2, 0.25) is 0 Å². The quantitative estimate of drug-likeness (QED) is 0.179. The molecule has 17 nitrogen and oxygen atoms in total. The predicted octanol–water partition coefficient (Wildman–Crippen LogP) is -4.63. The number of aliphatic hydroxyl groups is 5. The molecule has 0 aliphatic carbocycles. The molecule has 2 aliphatic heterocycles. The first-order valence-electron chi connectivity index (χ1n) is 9.97. The Balaban J connectivity index is 1.68. The van der Waals surface area contributed by atoms with Gasteiger partial charge in [-0.05, 0) is 0 Å². The van der Waals surface area contributed by atoms with Crippen LogP contribution in [0.3, 0.4) is 0 Å². The van der Waals surface area contributed by atoms with E-state index in [9.17, 15) is 34.0 Å². The maximum absolute atomic E-state index is 16.0. The standard InChI is InChI=1S/C16H23FN6O11S/c17-16(2-31-35(19,29)30)11(33-15-9(27)8(26)7(25)5(1-24)32-15)10(28)14(34-16)23-4-22-6-12(18)20-3-21-13(6)23/h3-5,7-11,14-15,24-28H,1-2H2,(H2,18,20,21)(H2,19,29,30)/t5-,7-,8+,9-,10-,11+,14-,15+,16-/m1/s1. The number of rotatable bonds is 7. The molecule has 4 rings (SSSR count). The highest BCUT2D eigenvalue weighted by Gasteiger charge is 2.60. The van der Waals surface area contributed by atoms with Crippen molar-refractivity contribution < 1.29 is 56.7 Å². The van der Waals surface area contributed by atoms with Crippen LogP contribution in [0.5, 0.6) is 0 Å². The van der Waals surface area contributed by atoms with Crippen LogP contribution in [0.25, 0.3) is 11.2 Å². The second-order valence-electron chi connectivity index (χ2n) is 7.88. The maximum Gasteiger partial charge on any atom is 0.333 e. The zero-order valence-electron chi connectivity index (χ0n) is 17.6. The summed E-state index contributed by atoms with van der Waals surface area (Å²) in [4.78, 5) is 11.7. The molecule has 9 N–H and O–H groups in total. The number of hydrogen-bond donors (Lipinski definition) is 7. The molecule has 0 amide bonds. The molecular formula is C16H23FN6O11S. The van der Waals surface area contributed by atoms with Crippen molar-refractivity contribution in [3.05, 3.63) is 12.7 Å². The van der Waals surface area contributed by atoms with E-state index in [1.54, 1.807) is 0 Å². The minimum absolute atomic E-state index is 0.0183. The monoisotopic (exact) mass is 526 g/mol. The number of hydrogen-bond acceptors (Lipinski definition) is 15. The first-order chi connectivity index (χ1) is 16.4. The average Bonchev–Trinajstić information content (AvgIpc) is 3.33. The van der Waals surface area contributed by atoms with Gasteiger partial charge in [-0.1, -0.05) is 0 Å². The fraction of sp³-hybridized carbons (Fsp3) is 0.688. The molecule has 2 aromatic rings. The van der Waals surface area contributed by atoms with Gasteiger partial charge in [0, 0.05) is 0 Å². The Kier molecular flexibility index (Phi) is 6.93. The van der Waals surface area contributed by atoms with E-state index in [4.69, 9.17) is 25.1 Å². The van der Waals surface area contributed by atoms with Crippen molar-refractivity contribution in [2.45, 2.75) is 55.0 Å². The van der Waals surface area contributed by atoms with Crippen molar-refractivity contribution in [2.75, 3.05) is 18.9 Å². The molecule has 0 radical (unpaired) electrons. The van der Waals surface area contributed by atoms with Gasteiger partial charge in [0.15, 0.2) is 30.1 Å². The third kappa shape index (κ3) is 4.80. The van der Waals surface area contributed by atoms with Gasteiger partial charge in [0.2, 0.25) is 0 Å². The van der Waals surface area contributed by atoms with Crippen LogP contribution in [0, 0.1) is 0 Å². The molecule has 19 heteroatoms. The summed E-state index contributed by atoms with van der Waals surface area (Å²) in [5.41, 5.74) is 5.84. The van der Waals surface area contributed by atoms with E-state index in [2.05, 4.69) is 19.1 Å². The highest BCUT2D eigenvalue weighted by molar-refractivity contribution is 7.84. The highest BCUT2D eigenvalue weighted by atomic mass is 32.2. The normalized spacial score (nSPS) is 38.3. The molecule has 9 atom stereocenters. The molecule has 2 aromatic heterocycles. The van der Waals surface area contributed by atoms with Gasteiger partial charge in [-0.2, -0.15) is 8.42 Å². The molecule has 2 fully saturated rings. The van der Waals surface area contributed by atoms with E-state index in [1.165, 1.54) is 0 Å². The van der Waals surface area contributed by atoms with Gasteiger partial charge in [-0.15, -0.1) is 0 Å². The number of aliphatic hydroxyl groups excluding tert-OH is 5. The highest BCUT2D eigenvalue weighted by Crippen LogP contribution is 2.43. The summed E-state index contributed by atoms with van der Waals surface area (Å²) in [5, 5.41) is 55.2. The Morgan fingerprint density at radius 2 is 1.86 bits per heavy atom. The van der Waals surface area contributed by atoms with Gasteiger partial charge in [0.25, 0.3) is 5.85 Å². The lowest BCUT2D eigenvalue weighted by molar-refractivity contribution is -0.332. The molecule has 0 saturated carbocycles. The lowest BCUT2D eigenvalue weighted by atomic mass is 9.99. The smallest absolute Gasteiger partial charge is 0.333 e. The maximum atomic E-state index is 16.0. The molecule has 0 bridgehead atoms. The number of imidazole rings is 1. The average molecular weight is 526 g/mol. The van der Waals surface area contributed by atoms with E-state index in [1.807, 2.05) is 0 Å². The Labute approximate surface area is 195 Å². The van der Waals surface area contributed by atoms with Gasteiger partial charge in [0.1, 0.15) is 49.0 Å². The van der Waals surface area contributed by atoms with Crippen molar-refractivity contribution in [2.24, 2.45) is 5.14 Å². The first-order valence-corrected chi connectivity index (χ1v) is 11.4. The van der Waals surface area contributed by atoms with Crippen LogP contribution in [-0.4, -0.2) is 115 Å². The van der Waals surface area contributed by atoms with Gasteiger partial charge in [-0.3, -0.25) is 8.75 Å². The Hall–Kier alpha value is -2.17. The van der Waals surface area contributed by atoms with Gasteiger partial charge in [-0.25, -0.2) is 24.5 Å². The predicted molar refractivity (Wildman–Crippen MR) is 107 cm³/mol. The van der Waals surface area contributed by atoms with Crippen LogP contribution in [0.4, 0.5) is 10.2 Å². The fourth-order valence-electron chi connectivity index (χ4n) is 3.80. The fourth-order valence-corrected chi connectivity index (χ4v) is 4.13. The van der Waals surface area contributed by atoms with Crippen molar-refractivity contribution in [1.29, 1.82) is 0 Å². The molecule has 4 heterocycles. The van der Waals surface area contributed by atoms with Crippen molar-refractivity contribution in [3.8, 4) is 0 Å². The summed E-state index contributed by atoms with van der Waals surface area (Å²) in [5.74, 6) is -3.26. The molecule has 2 saturated heterocycles. The summed E-state index contributed by atoms with van der Waals surface area (Å²) in [6.07, 6.45) is -12.5. The van der Waals surface area contributed by atoms with E-state index in [0.717, 1.165) is 17.2 Å². The number of anilines is 1. The van der Waals surface area contributed by atoms with Crippen LogP contribution < -0.4 is 10.9 Å². The number of nitrogens with two attached hydrogens (primary N) is 2. The summed E-state index contributed by atoms with van der Waals surface area (Å²) >= 11 is 0.